The van der Waals surface area contributed by atoms with Crippen LogP contribution in [0.2, 0.25) is 0 Å². The van der Waals surface area contributed by atoms with Gasteiger partial charge in [0, 0.05) is 17.1 Å². The highest BCUT2D eigenvalue weighted by molar-refractivity contribution is 6.22. The van der Waals surface area contributed by atoms with E-state index in [4.69, 9.17) is 0 Å². The Kier molecular flexibility index (Phi) is 14.6. The van der Waals surface area contributed by atoms with Crippen molar-refractivity contribution in [2.75, 3.05) is 4.90 Å². The number of hydrogen-bond acceptors (Lipinski definition) is 1. The second-order valence-corrected chi connectivity index (χ2v) is 19.1. The third-order valence-corrected chi connectivity index (χ3v) is 14.3. The highest BCUT2D eigenvalue weighted by Gasteiger charge is 2.32. The minimum atomic E-state index is 1.11. The predicted octanol–water partition coefficient (Wildman–Crippen LogP) is 19.8. The van der Waals surface area contributed by atoms with Crippen LogP contribution in [0.1, 0.15) is 120 Å². The number of hydrogen-bond donors (Lipinski definition) is 0. The maximum absolute atomic E-state index is 2.44. The van der Waals surface area contributed by atoms with Crippen LogP contribution in [0.15, 0.2) is 164 Å². The van der Waals surface area contributed by atoms with Crippen molar-refractivity contribution in [3.05, 3.63) is 186 Å². The number of nitrogens with zero attached hydrogens (tertiary/aromatic N) is 1. The molecule has 0 aliphatic heterocycles. The summed E-state index contributed by atoms with van der Waals surface area (Å²) in [5.41, 5.74) is 23.0. The summed E-state index contributed by atoms with van der Waals surface area (Å²) in [5, 5.41) is 2.75. The number of unbranched alkanes of at least 4 members (excludes halogenated alkanes) is 11. The van der Waals surface area contributed by atoms with Gasteiger partial charge in [0.2, 0.25) is 0 Å². The molecule has 334 valence electrons. The van der Waals surface area contributed by atoms with Crippen LogP contribution >= 0.6 is 0 Å². The molecular formula is C65H69N. The molecule has 1 aliphatic carbocycles. The number of rotatable bonds is 21. The van der Waals surface area contributed by atoms with Crippen LogP contribution in [-0.2, 0) is 12.8 Å². The second kappa shape index (κ2) is 21.4. The van der Waals surface area contributed by atoms with E-state index in [0.29, 0.717) is 0 Å². The zero-order valence-electron chi connectivity index (χ0n) is 40.1. The van der Waals surface area contributed by atoms with Gasteiger partial charge < -0.3 is 4.90 Å². The molecule has 0 radical (unpaired) electrons. The smallest absolute Gasteiger partial charge is 0.0462 e. The average molecular weight is 864 g/mol. The zero-order valence-corrected chi connectivity index (χ0v) is 40.1. The largest absolute Gasteiger partial charge is 0.311 e. The molecule has 0 saturated heterocycles. The van der Waals surface area contributed by atoms with Crippen molar-refractivity contribution in [3.8, 4) is 55.6 Å². The van der Waals surface area contributed by atoms with E-state index < -0.39 is 0 Å². The van der Waals surface area contributed by atoms with Gasteiger partial charge in [0.25, 0.3) is 0 Å². The first-order chi connectivity index (χ1) is 32.5. The Morgan fingerprint density at radius 3 is 1.18 bits per heavy atom. The molecule has 0 amide bonds. The van der Waals surface area contributed by atoms with E-state index in [1.54, 1.807) is 11.1 Å². The van der Waals surface area contributed by atoms with Crippen LogP contribution < -0.4 is 4.90 Å². The molecule has 0 N–H and O–H groups in total. The molecule has 8 aromatic rings. The summed E-state index contributed by atoms with van der Waals surface area (Å²) in [4.78, 5) is 2.35. The van der Waals surface area contributed by atoms with Crippen LogP contribution in [0.25, 0.3) is 66.4 Å². The van der Waals surface area contributed by atoms with Gasteiger partial charge in [-0.2, -0.15) is 0 Å². The van der Waals surface area contributed by atoms with Crippen LogP contribution in [-0.4, -0.2) is 0 Å². The average Bonchev–Trinajstić information content (AvgIpc) is 3.68. The van der Waals surface area contributed by atoms with E-state index >= 15 is 0 Å². The number of anilines is 3. The standard InChI is InChI=1S/C65H69N/c1-5-7-9-11-13-15-20-28-58-57(27-19-14-12-10-8-6-2)62(52-35-31-47(3)32-36-52)64-59-29-21-23-51-24-22-30-60(61(51)59)65(64)63(58)53-39-37-49(38-40-53)50-41-45-56(46-42-50)66(54-25-17-16-18-26-54)55-43-33-48(4)34-44-55/h16-18,21-26,29-46H,5-15,19-20,27-28H2,1-4H3. The third-order valence-electron chi connectivity index (χ3n) is 14.3. The third kappa shape index (κ3) is 9.69. The molecule has 8 aromatic carbocycles. The molecule has 0 fully saturated rings. The van der Waals surface area contributed by atoms with Crippen molar-refractivity contribution in [2.24, 2.45) is 0 Å². The number of para-hydroxylation sites is 1. The fraction of sp³-hybridized carbons (Fsp3) is 0.292. The van der Waals surface area contributed by atoms with Gasteiger partial charge in [-0.15, -0.1) is 0 Å². The fourth-order valence-electron chi connectivity index (χ4n) is 10.8. The monoisotopic (exact) mass is 864 g/mol. The minimum absolute atomic E-state index is 1.11. The van der Waals surface area contributed by atoms with E-state index in [-0.39, 0.29) is 0 Å². The quantitative estimate of drug-likeness (QED) is 0.0651. The highest BCUT2D eigenvalue weighted by atomic mass is 15.1. The van der Waals surface area contributed by atoms with Crippen LogP contribution in [0.3, 0.4) is 0 Å². The highest BCUT2D eigenvalue weighted by Crippen LogP contribution is 2.57. The summed E-state index contributed by atoms with van der Waals surface area (Å²) in [6.07, 6.45) is 19.2. The molecule has 0 bridgehead atoms. The molecule has 1 nitrogen and oxygen atoms in total. The second-order valence-electron chi connectivity index (χ2n) is 19.1. The summed E-state index contributed by atoms with van der Waals surface area (Å²) >= 11 is 0. The lowest BCUT2D eigenvalue weighted by molar-refractivity contribution is 0.587. The lowest BCUT2D eigenvalue weighted by atomic mass is 9.77. The first kappa shape index (κ1) is 45.0. The molecular weight excluding hydrogens is 795 g/mol. The van der Waals surface area contributed by atoms with Crippen molar-refractivity contribution < 1.29 is 0 Å². The number of fused-ring (bicyclic) bond motifs is 3. The van der Waals surface area contributed by atoms with Gasteiger partial charge in [-0.25, -0.2) is 0 Å². The predicted molar refractivity (Wildman–Crippen MR) is 288 cm³/mol. The minimum Gasteiger partial charge on any atom is -0.311 e. The van der Waals surface area contributed by atoms with Gasteiger partial charge in [0.15, 0.2) is 0 Å². The van der Waals surface area contributed by atoms with E-state index in [1.165, 1.54) is 161 Å². The number of aryl methyl sites for hydroxylation is 2. The molecule has 0 spiro atoms. The maximum Gasteiger partial charge on any atom is 0.0462 e. The molecule has 0 unspecified atom stereocenters. The summed E-state index contributed by atoms with van der Waals surface area (Å²) < 4.78 is 0. The fourth-order valence-corrected chi connectivity index (χ4v) is 10.8. The van der Waals surface area contributed by atoms with Gasteiger partial charge in [-0.1, -0.05) is 223 Å². The molecule has 66 heavy (non-hydrogen) atoms. The van der Waals surface area contributed by atoms with E-state index in [0.717, 1.165) is 29.9 Å². The van der Waals surface area contributed by atoms with E-state index in [1.807, 2.05) is 0 Å². The summed E-state index contributed by atoms with van der Waals surface area (Å²) in [5.74, 6) is 0. The SMILES string of the molecule is CCCCCCCCCc1c(CCCCCCCC)c(-c2ccc(C)cc2)c2c(c1-c1ccc(-c3ccc(N(c4ccccc4)c4ccc(C)cc4)cc3)cc1)-c1cccc3cccc-2c13. The number of benzene rings is 8. The van der Waals surface area contributed by atoms with E-state index in [9.17, 15) is 0 Å². The molecule has 0 atom stereocenters. The van der Waals surface area contributed by atoms with Gasteiger partial charge in [-0.3, -0.25) is 0 Å². The topological polar surface area (TPSA) is 3.24 Å². The first-order valence-electron chi connectivity index (χ1n) is 25.5. The summed E-state index contributed by atoms with van der Waals surface area (Å²) in [6, 6.07) is 61.9. The van der Waals surface area contributed by atoms with Crippen molar-refractivity contribution in [1.29, 1.82) is 0 Å². The van der Waals surface area contributed by atoms with Crippen molar-refractivity contribution in [3.63, 3.8) is 0 Å². The lowest BCUT2D eigenvalue weighted by Crippen LogP contribution is -2.09. The van der Waals surface area contributed by atoms with Gasteiger partial charge in [0.05, 0.1) is 0 Å². The lowest BCUT2D eigenvalue weighted by Gasteiger charge is -2.26. The normalized spacial score (nSPS) is 11.6. The zero-order chi connectivity index (χ0) is 45.2. The molecule has 1 heteroatoms. The summed E-state index contributed by atoms with van der Waals surface area (Å²) in [7, 11) is 0. The Hall–Kier alpha value is -6.18. The van der Waals surface area contributed by atoms with Crippen LogP contribution in [0.5, 0.6) is 0 Å². The Bertz CT molecular complexity index is 2820. The Labute approximate surface area is 396 Å². The Balaban J connectivity index is 1.17. The molecule has 0 heterocycles. The molecule has 9 rings (SSSR count). The first-order valence-corrected chi connectivity index (χ1v) is 25.5. The van der Waals surface area contributed by atoms with E-state index in [2.05, 4.69) is 196 Å². The van der Waals surface area contributed by atoms with Gasteiger partial charge in [-0.05, 0) is 153 Å². The molecule has 0 aromatic heterocycles. The van der Waals surface area contributed by atoms with Crippen molar-refractivity contribution in [2.45, 2.75) is 124 Å². The van der Waals surface area contributed by atoms with Crippen molar-refractivity contribution >= 4 is 27.8 Å². The summed E-state index contributed by atoms with van der Waals surface area (Å²) in [6.45, 7) is 9.01. The van der Waals surface area contributed by atoms with Gasteiger partial charge in [0.1, 0.15) is 0 Å². The van der Waals surface area contributed by atoms with Gasteiger partial charge >= 0.3 is 0 Å². The molecule has 0 saturated carbocycles. The molecule has 1 aliphatic rings. The van der Waals surface area contributed by atoms with Crippen LogP contribution in [0.4, 0.5) is 17.1 Å². The van der Waals surface area contributed by atoms with Crippen molar-refractivity contribution in [1.82, 2.24) is 0 Å². The Morgan fingerprint density at radius 2 is 0.697 bits per heavy atom. The maximum atomic E-state index is 2.44. The van der Waals surface area contributed by atoms with Crippen LogP contribution in [0, 0.1) is 13.8 Å². The Morgan fingerprint density at radius 1 is 0.318 bits per heavy atom.